The fourth-order valence-corrected chi connectivity index (χ4v) is 5.18. The van der Waals surface area contributed by atoms with Gasteiger partial charge in [-0.25, -0.2) is 9.59 Å². The number of hydrogen-bond donors (Lipinski definition) is 5. The zero-order valence-electron chi connectivity index (χ0n) is 20.8. The molecule has 11 atom stereocenters. The minimum absolute atomic E-state index is 0.0133. The molecule has 0 radical (unpaired) electrons. The lowest BCUT2D eigenvalue weighted by molar-refractivity contribution is -0.343. The summed E-state index contributed by atoms with van der Waals surface area (Å²) in [6.45, 7) is 1.00. The average molecular weight is 537 g/mol. The molecule has 3 aliphatic rings. The molecule has 1 aliphatic carbocycles. The third-order valence-electron chi connectivity index (χ3n) is 7.26. The van der Waals surface area contributed by atoms with Gasteiger partial charge < -0.3 is 49.2 Å². The molecule has 2 aliphatic heterocycles. The summed E-state index contributed by atoms with van der Waals surface area (Å²) < 4.78 is 27.4. The first-order valence-electron chi connectivity index (χ1n) is 12.2. The van der Waals surface area contributed by atoms with Gasteiger partial charge in [0, 0.05) is 17.9 Å². The van der Waals surface area contributed by atoms with Crippen molar-refractivity contribution >= 4 is 18.0 Å². The Labute approximate surface area is 218 Å². The van der Waals surface area contributed by atoms with Crippen LogP contribution in [0.15, 0.2) is 48.2 Å². The second-order valence-corrected chi connectivity index (χ2v) is 9.50. The Balaban J connectivity index is 1.57. The molecule has 12 heteroatoms. The number of fused-ring (bicyclic) bond motifs is 1. The Morgan fingerprint density at radius 2 is 1.71 bits per heavy atom. The lowest BCUT2D eigenvalue weighted by Crippen LogP contribution is -2.60. The van der Waals surface area contributed by atoms with Crippen molar-refractivity contribution in [2.45, 2.75) is 56.1 Å². The number of esters is 2. The highest BCUT2D eigenvalue weighted by molar-refractivity contribution is 5.90. The van der Waals surface area contributed by atoms with Crippen LogP contribution in [0.5, 0.6) is 0 Å². The number of carbonyl (C=O) groups excluding carboxylic acids is 2. The van der Waals surface area contributed by atoms with Gasteiger partial charge in [-0.05, 0) is 17.6 Å². The minimum atomic E-state index is -1.70. The van der Waals surface area contributed by atoms with E-state index in [-0.39, 0.29) is 5.57 Å². The molecule has 2 heterocycles. The molecule has 5 unspecified atom stereocenters. The molecule has 0 amide bonds. The molecule has 1 saturated carbocycles. The highest BCUT2D eigenvalue weighted by atomic mass is 16.8. The predicted molar refractivity (Wildman–Crippen MR) is 127 cm³/mol. The lowest BCUT2D eigenvalue weighted by Gasteiger charge is -2.43. The molecule has 0 aromatic heterocycles. The van der Waals surface area contributed by atoms with E-state index in [0.717, 1.165) is 11.8 Å². The van der Waals surface area contributed by atoms with Crippen LogP contribution in [0.2, 0.25) is 0 Å². The molecule has 12 nitrogen and oxygen atoms in total. The van der Waals surface area contributed by atoms with E-state index in [9.17, 15) is 35.1 Å². The van der Waals surface area contributed by atoms with Gasteiger partial charge in [-0.1, -0.05) is 37.3 Å². The van der Waals surface area contributed by atoms with Gasteiger partial charge in [0.15, 0.2) is 6.29 Å². The molecule has 38 heavy (non-hydrogen) atoms. The van der Waals surface area contributed by atoms with Crippen molar-refractivity contribution in [1.82, 2.24) is 0 Å². The van der Waals surface area contributed by atoms with Gasteiger partial charge >= 0.3 is 11.9 Å². The molecular formula is C26H32O12. The second kappa shape index (κ2) is 11.9. The van der Waals surface area contributed by atoms with Crippen LogP contribution < -0.4 is 0 Å². The SMILES string of the molecule is COC(=O)C1=CO[C@@H](OC2OC(CO)C(O)C(O)C2O)[C@@H]2[C@H](C)[C@@H](O)[C@@H](OC(=O)/C=C/c3ccccc3)[C@H]12. The molecule has 1 saturated heterocycles. The summed E-state index contributed by atoms with van der Waals surface area (Å²) in [5, 5.41) is 51.1. The van der Waals surface area contributed by atoms with Crippen LogP contribution in [0, 0.1) is 17.8 Å². The topological polar surface area (TPSA) is 181 Å². The minimum Gasteiger partial charge on any atom is -0.472 e. The van der Waals surface area contributed by atoms with Gasteiger partial charge in [-0.3, -0.25) is 0 Å². The van der Waals surface area contributed by atoms with Crippen molar-refractivity contribution in [2.24, 2.45) is 17.8 Å². The lowest BCUT2D eigenvalue weighted by atomic mass is 9.82. The Morgan fingerprint density at radius 1 is 1.00 bits per heavy atom. The molecular weight excluding hydrogens is 504 g/mol. The summed E-state index contributed by atoms with van der Waals surface area (Å²) in [6.07, 6.45) is -7.48. The van der Waals surface area contributed by atoms with Crippen LogP contribution in [0.1, 0.15) is 12.5 Å². The molecule has 1 aromatic carbocycles. The standard InChI is InChI=1S/C26H32O12/c1-12-17-18(23(19(12)29)37-16(28)9-8-13-6-4-3-5-7-13)14(24(33)34-2)11-35-25(17)38-26-22(32)21(31)20(30)15(10-27)36-26/h3-9,11-12,15,17-23,25-27,29-32H,10H2,1-2H3/b9-8+/t12-,15?,17+,18+,19+,20?,21?,22?,23-,25-,26?/m0/s1. The van der Waals surface area contributed by atoms with Crippen LogP contribution in [0.25, 0.3) is 6.08 Å². The summed E-state index contributed by atoms with van der Waals surface area (Å²) in [5.41, 5.74) is 0.774. The number of ether oxygens (including phenoxy) is 5. The Bertz CT molecular complexity index is 1040. The summed E-state index contributed by atoms with van der Waals surface area (Å²) in [4.78, 5) is 25.2. The van der Waals surface area contributed by atoms with Gasteiger partial charge in [-0.2, -0.15) is 0 Å². The smallest absolute Gasteiger partial charge is 0.337 e. The van der Waals surface area contributed by atoms with Gasteiger partial charge in [0.25, 0.3) is 0 Å². The molecule has 2 fully saturated rings. The zero-order valence-corrected chi connectivity index (χ0v) is 20.8. The first-order valence-corrected chi connectivity index (χ1v) is 12.2. The predicted octanol–water partition coefficient (Wildman–Crippen LogP) is -0.916. The molecule has 208 valence electrons. The van der Waals surface area contributed by atoms with E-state index in [4.69, 9.17) is 23.7 Å². The Hall–Kier alpha value is -2.84. The fourth-order valence-electron chi connectivity index (χ4n) is 5.18. The van der Waals surface area contributed by atoms with Crippen molar-refractivity contribution in [3.63, 3.8) is 0 Å². The van der Waals surface area contributed by atoms with E-state index in [1.807, 2.05) is 18.2 Å². The van der Waals surface area contributed by atoms with E-state index < -0.39 is 85.5 Å². The third-order valence-corrected chi connectivity index (χ3v) is 7.26. The number of aliphatic hydroxyl groups excluding tert-OH is 5. The number of hydrogen-bond acceptors (Lipinski definition) is 12. The maximum absolute atomic E-state index is 12.7. The quantitative estimate of drug-likeness (QED) is 0.214. The number of rotatable bonds is 7. The average Bonchev–Trinajstić information content (AvgIpc) is 3.18. The monoisotopic (exact) mass is 536 g/mol. The van der Waals surface area contributed by atoms with Crippen molar-refractivity contribution < 1.29 is 58.8 Å². The van der Waals surface area contributed by atoms with Crippen molar-refractivity contribution in [3.05, 3.63) is 53.8 Å². The molecule has 1 aromatic rings. The normalized spacial score (nSPS) is 38.7. The maximum Gasteiger partial charge on any atom is 0.337 e. The summed E-state index contributed by atoms with van der Waals surface area (Å²) in [6, 6.07) is 9.04. The molecule has 4 rings (SSSR count). The Kier molecular flexibility index (Phi) is 8.83. The summed E-state index contributed by atoms with van der Waals surface area (Å²) in [7, 11) is 1.17. The highest BCUT2D eigenvalue weighted by Gasteiger charge is 2.59. The van der Waals surface area contributed by atoms with Gasteiger partial charge in [-0.15, -0.1) is 0 Å². The highest BCUT2D eigenvalue weighted by Crippen LogP contribution is 2.49. The largest absolute Gasteiger partial charge is 0.472 e. The van der Waals surface area contributed by atoms with E-state index in [2.05, 4.69) is 0 Å². The first kappa shape index (κ1) is 28.2. The number of carbonyl (C=O) groups is 2. The second-order valence-electron chi connectivity index (χ2n) is 9.50. The summed E-state index contributed by atoms with van der Waals surface area (Å²) >= 11 is 0. The van der Waals surface area contributed by atoms with Crippen LogP contribution in [-0.2, 0) is 33.3 Å². The third kappa shape index (κ3) is 5.47. The van der Waals surface area contributed by atoms with Crippen LogP contribution in [0.4, 0.5) is 0 Å². The molecule has 5 N–H and O–H groups in total. The molecule has 0 bridgehead atoms. The number of methoxy groups -OCH3 is 1. The summed E-state index contributed by atoms with van der Waals surface area (Å²) in [5.74, 6) is -3.84. The fraction of sp³-hybridized carbons (Fsp3) is 0.538. The van der Waals surface area contributed by atoms with Crippen LogP contribution >= 0.6 is 0 Å². The van der Waals surface area contributed by atoms with Gasteiger partial charge in [0.2, 0.25) is 6.29 Å². The van der Waals surface area contributed by atoms with E-state index in [1.54, 1.807) is 25.1 Å². The zero-order chi connectivity index (χ0) is 27.6. The molecule has 0 spiro atoms. The van der Waals surface area contributed by atoms with Crippen molar-refractivity contribution in [3.8, 4) is 0 Å². The Morgan fingerprint density at radius 3 is 2.37 bits per heavy atom. The number of benzene rings is 1. The van der Waals surface area contributed by atoms with Crippen molar-refractivity contribution in [1.29, 1.82) is 0 Å². The van der Waals surface area contributed by atoms with Crippen LogP contribution in [0.3, 0.4) is 0 Å². The van der Waals surface area contributed by atoms with Crippen molar-refractivity contribution in [2.75, 3.05) is 13.7 Å². The van der Waals surface area contributed by atoms with E-state index in [0.29, 0.717) is 0 Å². The maximum atomic E-state index is 12.7. The van der Waals surface area contributed by atoms with E-state index in [1.165, 1.54) is 13.2 Å². The van der Waals surface area contributed by atoms with E-state index >= 15 is 0 Å². The van der Waals surface area contributed by atoms with Crippen LogP contribution in [-0.4, -0.2) is 100 Å². The van der Waals surface area contributed by atoms with Gasteiger partial charge in [0.1, 0.15) is 30.5 Å². The number of aliphatic hydroxyl groups is 5. The van der Waals surface area contributed by atoms with Gasteiger partial charge in [0.05, 0.1) is 31.7 Å². The first-order chi connectivity index (χ1) is 18.2.